The van der Waals surface area contributed by atoms with Crippen molar-refractivity contribution >= 4 is 0 Å². The highest BCUT2D eigenvalue weighted by Crippen LogP contribution is 2.17. The van der Waals surface area contributed by atoms with Crippen LogP contribution in [0.5, 0.6) is 5.75 Å². The smallest absolute Gasteiger partial charge is 0.205 e. The molecule has 0 atom stereocenters. The second kappa shape index (κ2) is 7.05. The van der Waals surface area contributed by atoms with Gasteiger partial charge < -0.3 is 4.74 Å². The number of benzene rings is 2. The Morgan fingerprint density at radius 3 is 2.43 bits per heavy atom. The minimum atomic E-state index is 0.619. The quantitative estimate of drug-likeness (QED) is 0.650. The van der Waals surface area contributed by atoms with Crippen molar-refractivity contribution < 1.29 is 4.74 Å². The molecule has 5 heteroatoms. The first-order valence-corrected chi connectivity index (χ1v) is 7.86. The van der Waals surface area contributed by atoms with Crippen molar-refractivity contribution in [1.29, 1.82) is 0 Å². The zero-order chi connectivity index (χ0) is 16.1. The van der Waals surface area contributed by atoms with Gasteiger partial charge in [0.2, 0.25) is 5.82 Å². The van der Waals surface area contributed by atoms with Crippen LogP contribution >= 0.6 is 0 Å². The van der Waals surface area contributed by atoms with E-state index in [0.717, 1.165) is 36.4 Å². The van der Waals surface area contributed by atoms with E-state index in [4.69, 9.17) is 4.74 Å². The summed E-state index contributed by atoms with van der Waals surface area (Å²) in [6.45, 7) is 4.95. The van der Waals surface area contributed by atoms with Gasteiger partial charge in [-0.25, -0.2) is 0 Å². The molecule has 1 heterocycles. The van der Waals surface area contributed by atoms with Crippen LogP contribution in [0, 0.1) is 6.92 Å². The molecule has 0 unspecified atom stereocenters. The molecule has 0 aliphatic rings. The number of hydrogen-bond donors (Lipinski definition) is 0. The minimum absolute atomic E-state index is 0.619. The maximum atomic E-state index is 5.66. The predicted molar refractivity (Wildman–Crippen MR) is 89.7 cm³/mol. The lowest BCUT2D eigenvalue weighted by atomic mass is 10.1. The van der Waals surface area contributed by atoms with E-state index in [1.54, 1.807) is 0 Å². The van der Waals surface area contributed by atoms with E-state index in [1.807, 2.05) is 48.5 Å². The second-order valence-electron chi connectivity index (χ2n) is 5.46. The van der Waals surface area contributed by atoms with Crippen molar-refractivity contribution in [2.75, 3.05) is 6.61 Å². The SMILES string of the molecule is CCCCOc1ccc(-n2nnc(-c3ccc(C)cc3)n2)cc1. The molecule has 0 radical (unpaired) electrons. The molecule has 3 rings (SSSR count). The van der Waals surface area contributed by atoms with Gasteiger partial charge in [0.15, 0.2) is 0 Å². The van der Waals surface area contributed by atoms with Gasteiger partial charge >= 0.3 is 0 Å². The molecule has 1 aromatic heterocycles. The molecule has 0 fully saturated rings. The molecule has 3 aromatic rings. The Bertz CT molecular complexity index is 747. The van der Waals surface area contributed by atoms with Crippen LogP contribution in [0.1, 0.15) is 25.3 Å². The van der Waals surface area contributed by atoms with Crippen LogP contribution in [0.4, 0.5) is 0 Å². The summed E-state index contributed by atoms with van der Waals surface area (Å²) in [7, 11) is 0. The van der Waals surface area contributed by atoms with Gasteiger partial charge in [-0.3, -0.25) is 0 Å². The second-order valence-corrected chi connectivity index (χ2v) is 5.46. The maximum absolute atomic E-state index is 5.66. The number of aromatic nitrogens is 4. The molecule has 0 aliphatic carbocycles. The third-order valence-electron chi connectivity index (χ3n) is 3.56. The van der Waals surface area contributed by atoms with E-state index >= 15 is 0 Å². The van der Waals surface area contributed by atoms with Crippen LogP contribution in [0.2, 0.25) is 0 Å². The topological polar surface area (TPSA) is 52.8 Å². The first-order valence-electron chi connectivity index (χ1n) is 7.86. The van der Waals surface area contributed by atoms with Crippen molar-refractivity contribution in [2.24, 2.45) is 0 Å². The number of nitrogens with zero attached hydrogens (tertiary/aromatic N) is 4. The van der Waals surface area contributed by atoms with Crippen molar-refractivity contribution in [3.05, 3.63) is 54.1 Å². The van der Waals surface area contributed by atoms with Crippen LogP contribution in [-0.4, -0.2) is 26.8 Å². The maximum Gasteiger partial charge on any atom is 0.205 e. The van der Waals surface area contributed by atoms with Gasteiger partial charge in [-0.05, 0) is 42.8 Å². The Balaban J connectivity index is 1.73. The average Bonchev–Trinajstić information content (AvgIpc) is 3.06. The van der Waals surface area contributed by atoms with Crippen LogP contribution in [0.3, 0.4) is 0 Å². The number of hydrogen-bond acceptors (Lipinski definition) is 4. The number of tetrazole rings is 1. The zero-order valence-corrected chi connectivity index (χ0v) is 13.4. The molecule has 0 amide bonds. The highest BCUT2D eigenvalue weighted by molar-refractivity contribution is 5.54. The van der Waals surface area contributed by atoms with Gasteiger partial charge in [-0.2, -0.15) is 0 Å². The third-order valence-corrected chi connectivity index (χ3v) is 3.56. The summed E-state index contributed by atoms with van der Waals surface area (Å²) in [4.78, 5) is 1.53. The highest BCUT2D eigenvalue weighted by Gasteiger charge is 2.07. The lowest BCUT2D eigenvalue weighted by Gasteiger charge is -2.05. The van der Waals surface area contributed by atoms with Gasteiger partial charge in [-0.1, -0.05) is 43.2 Å². The van der Waals surface area contributed by atoms with E-state index < -0.39 is 0 Å². The molecule has 0 saturated carbocycles. The van der Waals surface area contributed by atoms with Gasteiger partial charge in [0.05, 0.1) is 12.3 Å². The molecular formula is C18H20N4O. The minimum Gasteiger partial charge on any atom is -0.494 e. The Hall–Kier alpha value is -2.69. The van der Waals surface area contributed by atoms with E-state index in [9.17, 15) is 0 Å². The lowest BCUT2D eigenvalue weighted by molar-refractivity contribution is 0.309. The van der Waals surface area contributed by atoms with Crippen molar-refractivity contribution in [1.82, 2.24) is 20.2 Å². The van der Waals surface area contributed by atoms with Gasteiger partial charge in [0.1, 0.15) is 5.75 Å². The fraction of sp³-hybridized carbons (Fsp3) is 0.278. The van der Waals surface area contributed by atoms with Gasteiger partial charge in [0, 0.05) is 5.56 Å². The number of ether oxygens (including phenoxy) is 1. The summed E-state index contributed by atoms with van der Waals surface area (Å²) >= 11 is 0. The molecule has 0 N–H and O–H groups in total. The first kappa shape index (κ1) is 15.2. The Labute approximate surface area is 135 Å². The van der Waals surface area contributed by atoms with Gasteiger partial charge in [0.25, 0.3) is 0 Å². The fourth-order valence-corrected chi connectivity index (χ4v) is 2.15. The number of unbranched alkanes of at least 4 members (excludes halogenated alkanes) is 1. The van der Waals surface area contributed by atoms with E-state index in [1.165, 1.54) is 10.4 Å². The Kier molecular flexibility index (Phi) is 4.66. The first-order chi connectivity index (χ1) is 11.3. The predicted octanol–water partition coefficient (Wildman–Crippen LogP) is 3.82. The monoisotopic (exact) mass is 308 g/mol. The summed E-state index contributed by atoms with van der Waals surface area (Å²) in [6.07, 6.45) is 2.19. The standard InChI is InChI=1S/C18H20N4O/c1-3-4-13-23-17-11-9-16(10-12-17)22-20-18(19-21-22)15-7-5-14(2)6-8-15/h5-12H,3-4,13H2,1-2H3. The summed E-state index contributed by atoms with van der Waals surface area (Å²) in [5, 5.41) is 12.7. The highest BCUT2D eigenvalue weighted by atomic mass is 16.5. The molecular weight excluding hydrogens is 288 g/mol. The summed E-state index contributed by atoms with van der Waals surface area (Å²) in [5.74, 6) is 1.48. The molecule has 118 valence electrons. The number of rotatable bonds is 6. The van der Waals surface area contributed by atoms with Crippen LogP contribution < -0.4 is 4.74 Å². The molecule has 5 nitrogen and oxygen atoms in total. The Morgan fingerprint density at radius 2 is 1.74 bits per heavy atom. The van der Waals surface area contributed by atoms with Crippen LogP contribution in [0.15, 0.2) is 48.5 Å². The van der Waals surface area contributed by atoms with E-state index in [0.29, 0.717) is 5.82 Å². The van der Waals surface area contributed by atoms with Crippen molar-refractivity contribution in [3.8, 4) is 22.8 Å². The normalized spacial score (nSPS) is 10.7. The molecule has 0 aliphatic heterocycles. The lowest BCUT2D eigenvalue weighted by Crippen LogP contribution is -2.00. The summed E-state index contributed by atoms with van der Waals surface area (Å²) < 4.78 is 5.66. The van der Waals surface area contributed by atoms with Crippen LogP contribution in [0.25, 0.3) is 17.1 Å². The van der Waals surface area contributed by atoms with E-state index in [2.05, 4.69) is 29.3 Å². The van der Waals surface area contributed by atoms with Crippen molar-refractivity contribution in [2.45, 2.75) is 26.7 Å². The van der Waals surface area contributed by atoms with Crippen LogP contribution in [-0.2, 0) is 0 Å². The van der Waals surface area contributed by atoms with Crippen molar-refractivity contribution in [3.63, 3.8) is 0 Å². The fourth-order valence-electron chi connectivity index (χ4n) is 2.15. The molecule has 23 heavy (non-hydrogen) atoms. The van der Waals surface area contributed by atoms with Gasteiger partial charge in [-0.15, -0.1) is 15.0 Å². The summed E-state index contributed by atoms with van der Waals surface area (Å²) in [6, 6.07) is 15.8. The number of aryl methyl sites for hydroxylation is 1. The zero-order valence-electron chi connectivity index (χ0n) is 13.4. The summed E-state index contributed by atoms with van der Waals surface area (Å²) in [5.41, 5.74) is 3.03. The molecule has 0 spiro atoms. The third kappa shape index (κ3) is 3.74. The average molecular weight is 308 g/mol. The molecule has 0 bridgehead atoms. The largest absolute Gasteiger partial charge is 0.494 e. The Morgan fingerprint density at radius 1 is 1.00 bits per heavy atom. The molecule has 2 aromatic carbocycles. The molecule has 0 saturated heterocycles. The van der Waals surface area contributed by atoms with E-state index in [-0.39, 0.29) is 0 Å².